The number of nitro groups is 1. The van der Waals surface area contributed by atoms with E-state index in [9.17, 15) is 25.0 Å². The number of methoxy groups -OCH3 is 1. The molecule has 2 aromatic rings. The molecule has 2 rings (SSSR count). The van der Waals surface area contributed by atoms with Gasteiger partial charge >= 0.3 is 5.97 Å². The van der Waals surface area contributed by atoms with Gasteiger partial charge in [0, 0.05) is 19.1 Å². The number of hydrogen-bond donors (Lipinski definition) is 1. The predicted octanol–water partition coefficient (Wildman–Crippen LogP) is 4.33. The Labute approximate surface area is 189 Å². The number of non-ortho nitro benzene ring substituents is 1. The Hall–Kier alpha value is -3.17. The van der Waals surface area contributed by atoms with Crippen molar-refractivity contribution in [3.63, 3.8) is 0 Å². The molecule has 0 spiro atoms. The summed E-state index contributed by atoms with van der Waals surface area (Å²) in [7, 11) is 1.39. The van der Waals surface area contributed by atoms with Gasteiger partial charge in [0.05, 0.1) is 26.3 Å². The number of carbonyl (C=O) groups is 2. The lowest BCUT2D eigenvalue weighted by molar-refractivity contribution is -0.384. The highest BCUT2D eigenvalue weighted by atomic mass is 127. The molecule has 154 valence electrons. The van der Waals surface area contributed by atoms with Gasteiger partial charge in [-0.2, -0.15) is 5.26 Å². The number of nitrogens with one attached hydrogen (secondary N) is 1. The van der Waals surface area contributed by atoms with E-state index < -0.39 is 16.8 Å². The lowest BCUT2D eigenvalue weighted by Gasteiger charge is -2.11. The maximum Gasteiger partial charge on any atom is 0.308 e. The van der Waals surface area contributed by atoms with Crippen LogP contribution >= 0.6 is 34.2 Å². The maximum atomic E-state index is 12.5. The van der Waals surface area contributed by atoms with Crippen LogP contribution in [0.1, 0.15) is 12.5 Å². The second kappa shape index (κ2) is 10.0. The Bertz CT molecular complexity index is 1110. The standard InChI is InChI=1S/C19H13ClIN3O6/c1-10(25)30-18-15(21)6-11(7-17(18)29-2)5-12(9-22)19(26)23-16-4-3-13(24(27)28)8-14(16)20/h3-8H,1-2H3,(H,23,26). The van der Waals surface area contributed by atoms with Crippen molar-refractivity contribution in [2.24, 2.45) is 0 Å². The summed E-state index contributed by atoms with van der Waals surface area (Å²) in [5.41, 5.74) is 0.0885. The van der Waals surface area contributed by atoms with Crippen molar-refractivity contribution in [2.75, 3.05) is 12.4 Å². The van der Waals surface area contributed by atoms with E-state index in [1.807, 2.05) is 22.6 Å². The summed E-state index contributed by atoms with van der Waals surface area (Å²) in [6, 6.07) is 8.44. The number of rotatable bonds is 6. The van der Waals surface area contributed by atoms with Gasteiger partial charge in [-0.1, -0.05) is 11.6 Å². The Morgan fingerprint density at radius 3 is 2.57 bits per heavy atom. The van der Waals surface area contributed by atoms with E-state index in [1.54, 1.807) is 12.1 Å². The van der Waals surface area contributed by atoms with Crippen molar-refractivity contribution >= 4 is 63.5 Å². The number of halogens is 2. The highest BCUT2D eigenvalue weighted by Gasteiger charge is 2.17. The molecule has 0 bridgehead atoms. The minimum atomic E-state index is -0.758. The van der Waals surface area contributed by atoms with Crippen LogP contribution in [0.15, 0.2) is 35.9 Å². The highest BCUT2D eigenvalue weighted by molar-refractivity contribution is 14.1. The van der Waals surface area contributed by atoms with Gasteiger partial charge in [0.1, 0.15) is 11.6 Å². The minimum absolute atomic E-state index is 0.0446. The molecule has 0 saturated carbocycles. The summed E-state index contributed by atoms with van der Waals surface area (Å²) >= 11 is 7.90. The number of carbonyl (C=O) groups excluding carboxylic acids is 2. The van der Waals surface area contributed by atoms with Gasteiger partial charge in [0.25, 0.3) is 11.6 Å². The van der Waals surface area contributed by atoms with Crippen molar-refractivity contribution in [3.8, 4) is 17.6 Å². The van der Waals surface area contributed by atoms with E-state index in [2.05, 4.69) is 5.32 Å². The molecule has 0 radical (unpaired) electrons. The SMILES string of the molecule is COc1cc(C=C(C#N)C(=O)Nc2ccc([N+](=O)[O-])cc2Cl)cc(I)c1OC(C)=O. The van der Waals surface area contributed by atoms with Crippen LogP contribution < -0.4 is 14.8 Å². The van der Waals surface area contributed by atoms with Crippen LogP contribution in [-0.2, 0) is 9.59 Å². The smallest absolute Gasteiger partial charge is 0.308 e. The summed E-state index contributed by atoms with van der Waals surface area (Å²) in [6.07, 6.45) is 1.32. The largest absolute Gasteiger partial charge is 0.493 e. The number of ether oxygens (including phenoxy) is 2. The lowest BCUT2D eigenvalue weighted by Crippen LogP contribution is -2.14. The average Bonchev–Trinajstić information content (AvgIpc) is 2.68. The Morgan fingerprint density at radius 2 is 2.03 bits per heavy atom. The first-order chi connectivity index (χ1) is 14.2. The van der Waals surface area contributed by atoms with Crippen molar-refractivity contribution in [1.29, 1.82) is 5.26 Å². The fraction of sp³-hybridized carbons (Fsp3) is 0.105. The molecule has 0 atom stereocenters. The molecule has 0 heterocycles. The zero-order chi connectivity index (χ0) is 22.4. The van der Waals surface area contributed by atoms with Crippen LogP contribution in [0.5, 0.6) is 11.5 Å². The van der Waals surface area contributed by atoms with Crippen LogP contribution in [0.25, 0.3) is 6.08 Å². The van der Waals surface area contributed by atoms with Gasteiger partial charge in [-0.3, -0.25) is 19.7 Å². The normalized spacial score (nSPS) is 10.7. The summed E-state index contributed by atoms with van der Waals surface area (Å²) in [5.74, 6) is -0.805. The molecular weight excluding hydrogens is 529 g/mol. The Kier molecular flexibility index (Phi) is 7.73. The molecule has 11 heteroatoms. The van der Waals surface area contributed by atoms with E-state index in [0.29, 0.717) is 9.13 Å². The summed E-state index contributed by atoms with van der Waals surface area (Å²) in [4.78, 5) is 33.9. The Balaban J connectivity index is 2.34. The first kappa shape index (κ1) is 23.1. The fourth-order valence-electron chi connectivity index (χ4n) is 2.29. The number of nitriles is 1. The van der Waals surface area contributed by atoms with Crippen LogP contribution in [0.3, 0.4) is 0 Å². The number of nitrogens with zero attached hydrogens (tertiary/aromatic N) is 2. The van der Waals surface area contributed by atoms with Crippen LogP contribution in [0.2, 0.25) is 5.02 Å². The van der Waals surface area contributed by atoms with Crippen LogP contribution in [0.4, 0.5) is 11.4 Å². The van der Waals surface area contributed by atoms with Crippen molar-refractivity contribution in [3.05, 3.63) is 60.2 Å². The van der Waals surface area contributed by atoms with Crippen molar-refractivity contribution in [2.45, 2.75) is 6.92 Å². The molecule has 2 aromatic carbocycles. The second-order valence-electron chi connectivity index (χ2n) is 5.67. The second-order valence-corrected chi connectivity index (χ2v) is 7.24. The molecule has 0 aliphatic heterocycles. The molecule has 9 nitrogen and oxygen atoms in total. The summed E-state index contributed by atoms with van der Waals surface area (Å²) in [5, 5.41) is 22.6. The Morgan fingerprint density at radius 1 is 1.33 bits per heavy atom. The van der Waals surface area contributed by atoms with Crippen LogP contribution in [-0.4, -0.2) is 23.9 Å². The minimum Gasteiger partial charge on any atom is -0.493 e. The molecule has 30 heavy (non-hydrogen) atoms. The van der Waals surface area contributed by atoms with E-state index in [4.69, 9.17) is 21.1 Å². The quantitative estimate of drug-likeness (QED) is 0.109. The molecular formula is C19H13ClIN3O6. The zero-order valence-electron chi connectivity index (χ0n) is 15.6. The van der Waals surface area contributed by atoms with Crippen LogP contribution in [0, 0.1) is 25.0 Å². The fourth-order valence-corrected chi connectivity index (χ4v) is 3.25. The molecule has 0 unspecified atom stereocenters. The molecule has 0 aliphatic rings. The lowest BCUT2D eigenvalue weighted by atomic mass is 10.1. The number of anilines is 1. The van der Waals surface area contributed by atoms with E-state index in [0.717, 1.165) is 6.07 Å². The third-order valence-corrected chi connectivity index (χ3v) is 4.70. The molecule has 0 aromatic heterocycles. The topological polar surface area (TPSA) is 132 Å². The van der Waals surface area contributed by atoms with E-state index >= 15 is 0 Å². The molecule has 1 amide bonds. The van der Waals surface area contributed by atoms with Crippen molar-refractivity contribution < 1.29 is 24.0 Å². The van der Waals surface area contributed by atoms with Gasteiger partial charge in [0.2, 0.25) is 0 Å². The third-order valence-electron chi connectivity index (χ3n) is 3.59. The summed E-state index contributed by atoms with van der Waals surface area (Å²) < 4.78 is 10.9. The van der Waals surface area contributed by atoms with Gasteiger partial charge in [-0.15, -0.1) is 0 Å². The van der Waals surface area contributed by atoms with Gasteiger partial charge in [0.15, 0.2) is 11.5 Å². The first-order valence-electron chi connectivity index (χ1n) is 8.09. The average molecular weight is 542 g/mol. The number of nitro benzene ring substituents is 1. The molecule has 0 saturated heterocycles. The number of hydrogen-bond acceptors (Lipinski definition) is 7. The highest BCUT2D eigenvalue weighted by Crippen LogP contribution is 2.35. The predicted molar refractivity (Wildman–Crippen MR) is 117 cm³/mol. The van der Waals surface area contributed by atoms with E-state index in [-0.39, 0.29) is 33.5 Å². The number of amides is 1. The first-order valence-corrected chi connectivity index (χ1v) is 9.55. The van der Waals surface area contributed by atoms with E-state index in [1.165, 1.54) is 38.3 Å². The third kappa shape index (κ3) is 5.68. The molecule has 0 aliphatic carbocycles. The van der Waals surface area contributed by atoms with Gasteiger partial charge in [-0.05, 0) is 52.4 Å². The molecule has 0 fully saturated rings. The van der Waals surface area contributed by atoms with Gasteiger partial charge < -0.3 is 14.8 Å². The number of esters is 1. The van der Waals surface area contributed by atoms with Crippen molar-refractivity contribution in [1.82, 2.24) is 0 Å². The number of benzene rings is 2. The summed E-state index contributed by atoms with van der Waals surface area (Å²) in [6.45, 7) is 1.25. The zero-order valence-corrected chi connectivity index (χ0v) is 18.5. The van der Waals surface area contributed by atoms with Gasteiger partial charge in [-0.25, -0.2) is 0 Å². The monoisotopic (exact) mass is 541 g/mol. The molecule has 1 N–H and O–H groups in total. The maximum absolute atomic E-state index is 12.5.